The number of benzene rings is 2. The third-order valence-electron chi connectivity index (χ3n) is 3.56. The number of rotatable bonds is 4. The molecule has 3 rings (SSSR count). The van der Waals surface area contributed by atoms with Gasteiger partial charge >= 0.3 is 0 Å². The molecule has 1 aromatic heterocycles. The van der Waals surface area contributed by atoms with Crippen LogP contribution in [0.5, 0.6) is 0 Å². The first-order valence-electron chi connectivity index (χ1n) is 6.89. The number of hydrogen-bond acceptors (Lipinski definition) is 1. The number of hydrogen-bond donors (Lipinski definition) is 1. The molecule has 108 valence electrons. The quantitative estimate of drug-likeness (QED) is 0.757. The van der Waals surface area contributed by atoms with Gasteiger partial charge in [-0.2, -0.15) is 0 Å². The SMILES string of the molecule is NCCc1cccc2ccn(Cc3cc(F)cc(Br)c3)c12. The van der Waals surface area contributed by atoms with Crippen molar-refractivity contribution in [1.29, 1.82) is 0 Å². The molecule has 0 saturated carbocycles. The van der Waals surface area contributed by atoms with Crippen molar-refractivity contribution in [3.8, 4) is 0 Å². The Morgan fingerprint density at radius 3 is 2.76 bits per heavy atom. The van der Waals surface area contributed by atoms with E-state index in [1.165, 1.54) is 22.5 Å². The molecule has 2 N–H and O–H groups in total. The van der Waals surface area contributed by atoms with Crippen molar-refractivity contribution in [1.82, 2.24) is 4.57 Å². The van der Waals surface area contributed by atoms with E-state index in [1.807, 2.05) is 12.3 Å². The molecule has 2 aromatic carbocycles. The molecule has 0 fully saturated rings. The van der Waals surface area contributed by atoms with E-state index in [2.05, 4.69) is 44.8 Å². The smallest absolute Gasteiger partial charge is 0.124 e. The fourth-order valence-electron chi connectivity index (χ4n) is 2.73. The molecule has 0 radical (unpaired) electrons. The molecule has 0 unspecified atom stereocenters. The Hall–Kier alpha value is -1.65. The number of nitrogens with zero attached hydrogens (tertiary/aromatic N) is 1. The van der Waals surface area contributed by atoms with Gasteiger partial charge in [0.25, 0.3) is 0 Å². The van der Waals surface area contributed by atoms with E-state index in [-0.39, 0.29) is 5.82 Å². The summed E-state index contributed by atoms with van der Waals surface area (Å²) < 4.78 is 16.4. The standard InChI is InChI=1S/C17H16BrFN2/c18-15-8-12(9-16(19)10-15)11-21-7-5-14-3-1-2-13(4-6-20)17(14)21/h1-3,5,7-10H,4,6,11,20H2. The molecule has 0 aliphatic heterocycles. The minimum absolute atomic E-state index is 0.224. The number of halogens is 2. The summed E-state index contributed by atoms with van der Waals surface area (Å²) in [7, 11) is 0. The molecule has 0 saturated heterocycles. The maximum absolute atomic E-state index is 13.5. The first kappa shape index (κ1) is 14.3. The maximum Gasteiger partial charge on any atom is 0.124 e. The van der Waals surface area contributed by atoms with Crippen LogP contribution in [0.1, 0.15) is 11.1 Å². The summed E-state index contributed by atoms with van der Waals surface area (Å²) >= 11 is 3.34. The van der Waals surface area contributed by atoms with Gasteiger partial charge in [-0.05, 0) is 53.7 Å². The zero-order chi connectivity index (χ0) is 14.8. The molecule has 0 aliphatic carbocycles. The maximum atomic E-state index is 13.5. The van der Waals surface area contributed by atoms with Crippen molar-refractivity contribution in [2.24, 2.45) is 5.73 Å². The van der Waals surface area contributed by atoms with E-state index in [0.29, 0.717) is 13.1 Å². The highest BCUT2D eigenvalue weighted by atomic mass is 79.9. The van der Waals surface area contributed by atoms with E-state index >= 15 is 0 Å². The minimum atomic E-state index is -0.224. The lowest BCUT2D eigenvalue weighted by Gasteiger charge is -2.10. The van der Waals surface area contributed by atoms with Crippen molar-refractivity contribution in [2.45, 2.75) is 13.0 Å². The van der Waals surface area contributed by atoms with Gasteiger partial charge in [0.2, 0.25) is 0 Å². The molecule has 21 heavy (non-hydrogen) atoms. The van der Waals surface area contributed by atoms with Crippen LogP contribution in [0.2, 0.25) is 0 Å². The van der Waals surface area contributed by atoms with Gasteiger partial charge < -0.3 is 10.3 Å². The largest absolute Gasteiger partial charge is 0.343 e. The highest BCUT2D eigenvalue weighted by molar-refractivity contribution is 9.10. The van der Waals surface area contributed by atoms with Crippen LogP contribution in [-0.4, -0.2) is 11.1 Å². The second-order valence-corrected chi connectivity index (χ2v) is 6.03. The van der Waals surface area contributed by atoms with E-state index in [1.54, 1.807) is 6.07 Å². The van der Waals surface area contributed by atoms with Crippen molar-refractivity contribution >= 4 is 26.8 Å². The lowest BCUT2D eigenvalue weighted by Crippen LogP contribution is -2.06. The molecular weight excluding hydrogens is 331 g/mol. The van der Waals surface area contributed by atoms with Crippen molar-refractivity contribution in [2.75, 3.05) is 6.54 Å². The van der Waals surface area contributed by atoms with E-state index < -0.39 is 0 Å². The van der Waals surface area contributed by atoms with E-state index in [4.69, 9.17) is 5.73 Å². The van der Waals surface area contributed by atoms with Gasteiger partial charge in [0, 0.05) is 17.2 Å². The van der Waals surface area contributed by atoms with Crippen LogP contribution in [0, 0.1) is 5.82 Å². The van der Waals surface area contributed by atoms with Crippen molar-refractivity contribution < 1.29 is 4.39 Å². The van der Waals surface area contributed by atoms with Gasteiger partial charge in [-0.15, -0.1) is 0 Å². The average molecular weight is 347 g/mol. The summed E-state index contributed by atoms with van der Waals surface area (Å²) in [6, 6.07) is 13.3. The fraction of sp³-hybridized carbons (Fsp3) is 0.176. The van der Waals surface area contributed by atoms with Crippen LogP contribution in [0.15, 0.2) is 53.1 Å². The van der Waals surface area contributed by atoms with Crippen molar-refractivity contribution in [3.63, 3.8) is 0 Å². The van der Waals surface area contributed by atoms with Gasteiger partial charge in [0.1, 0.15) is 5.82 Å². The lowest BCUT2D eigenvalue weighted by atomic mass is 10.1. The molecule has 0 atom stereocenters. The normalized spacial score (nSPS) is 11.2. The van der Waals surface area contributed by atoms with Crippen molar-refractivity contribution in [3.05, 3.63) is 70.1 Å². The van der Waals surface area contributed by atoms with Gasteiger partial charge in [-0.3, -0.25) is 0 Å². The first-order chi connectivity index (χ1) is 10.2. The predicted octanol–water partition coefficient (Wildman–Crippen LogP) is 4.09. The van der Waals surface area contributed by atoms with Crippen LogP contribution >= 0.6 is 15.9 Å². The summed E-state index contributed by atoms with van der Waals surface area (Å²) in [6.45, 7) is 1.26. The third-order valence-corrected chi connectivity index (χ3v) is 4.02. The Labute approximate surface area is 131 Å². The molecule has 0 spiro atoms. The average Bonchev–Trinajstić information content (AvgIpc) is 2.82. The first-order valence-corrected chi connectivity index (χ1v) is 7.68. The molecular formula is C17H16BrFN2. The van der Waals surface area contributed by atoms with E-state index in [9.17, 15) is 4.39 Å². The Bertz CT molecular complexity index is 759. The third kappa shape index (κ3) is 3.01. The Balaban J connectivity index is 2.04. The van der Waals surface area contributed by atoms with Crippen LogP contribution < -0.4 is 5.73 Å². The number of para-hydroxylation sites is 1. The van der Waals surface area contributed by atoms with Gasteiger partial charge in [-0.1, -0.05) is 34.1 Å². The molecule has 0 aliphatic rings. The summed E-state index contributed by atoms with van der Waals surface area (Å²) in [5.74, 6) is -0.224. The highest BCUT2D eigenvalue weighted by Gasteiger charge is 2.07. The molecule has 0 amide bonds. The van der Waals surface area contributed by atoms with Crippen LogP contribution in [0.3, 0.4) is 0 Å². The summed E-state index contributed by atoms with van der Waals surface area (Å²) in [6.07, 6.45) is 2.89. The van der Waals surface area contributed by atoms with Gasteiger partial charge in [-0.25, -0.2) is 4.39 Å². The Morgan fingerprint density at radius 1 is 1.14 bits per heavy atom. The number of aromatic nitrogens is 1. The monoisotopic (exact) mass is 346 g/mol. The summed E-state index contributed by atoms with van der Waals surface area (Å²) in [5, 5.41) is 1.19. The Morgan fingerprint density at radius 2 is 2.00 bits per heavy atom. The van der Waals surface area contributed by atoms with E-state index in [0.717, 1.165) is 16.5 Å². The molecule has 1 heterocycles. The zero-order valence-corrected chi connectivity index (χ0v) is 13.1. The summed E-state index contributed by atoms with van der Waals surface area (Å²) in [4.78, 5) is 0. The van der Waals surface area contributed by atoms with Crippen LogP contribution in [-0.2, 0) is 13.0 Å². The van der Waals surface area contributed by atoms with Crippen LogP contribution in [0.4, 0.5) is 4.39 Å². The summed E-state index contributed by atoms with van der Waals surface area (Å²) in [5.41, 5.74) is 9.05. The molecule has 3 aromatic rings. The predicted molar refractivity (Wildman–Crippen MR) is 87.9 cm³/mol. The molecule has 0 bridgehead atoms. The van der Waals surface area contributed by atoms with Crippen LogP contribution in [0.25, 0.3) is 10.9 Å². The zero-order valence-electron chi connectivity index (χ0n) is 11.5. The van der Waals surface area contributed by atoms with Gasteiger partial charge in [0.05, 0.1) is 5.52 Å². The second-order valence-electron chi connectivity index (χ2n) is 5.11. The van der Waals surface area contributed by atoms with Gasteiger partial charge in [0.15, 0.2) is 0 Å². The molecule has 2 nitrogen and oxygen atoms in total. The molecule has 4 heteroatoms. The fourth-order valence-corrected chi connectivity index (χ4v) is 3.24. The Kier molecular flexibility index (Phi) is 4.08. The topological polar surface area (TPSA) is 30.9 Å². The minimum Gasteiger partial charge on any atom is -0.343 e. The number of nitrogens with two attached hydrogens (primary N) is 1. The lowest BCUT2D eigenvalue weighted by molar-refractivity contribution is 0.623. The second kappa shape index (κ2) is 6.00. The highest BCUT2D eigenvalue weighted by Crippen LogP contribution is 2.23. The number of fused-ring (bicyclic) bond motifs is 1.